The molecule has 0 amide bonds. The van der Waals surface area contributed by atoms with Gasteiger partial charge in [0.1, 0.15) is 11.6 Å². The summed E-state index contributed by atoms with van der Waals surface area (Å²) < 4.78 is 13.7. The maximum absolute atomic E-state index is 13.7. The fourth-order valence-corrected chi connectivity index (χ4v) is 2.71. The Bertz CT molecular complexity index is 388. The highest BCUT2D eigenvalue weighted by atomic mass is 19.1. The van der Waals surface area contributed by atoms with Crippen LogP contribution in [0.25, 0.3) is 0 Å². The molecule has 1 atom stereocenters. The van der Waals surface area contributed by atoms with Crippen molar-refractivity contribution in [3.8, 4) is 5.75 Å². The molecule has 1 saturated carbocycles. The predicted octanol–water partition coefficient (Wildman–Crippen LogP) is 3.76. The van der Waals surface area contributed by atoms with Gasteiger partial charge in [0.25, 0.3) is 0 Å². The standard InChI is InChI=1S/C15H22FNO/c1-11(14-8-7-13(18)9-15(14)16)17-10-12-5-3-2-4-6-12/h7-9,11-12,17-18H,2-6,10H2,1H3. The minimum absolute atomic E-state index is 0.00692. The Labute approximate surface area is 108 Å². The monoisotopic (exact) mass is 251 g/mol. The van der Waals surface area contributed by atoms with Crippen LogP contribution >= 0.6 is 0 Å². The molecule has 2 rings (SSSR count). The van der Waals surface area contributed by atoms with E-state index in [4.69, 9.17) is 0 Å². The molecule has 2 nitrogen and oxygen atoms in total. The Hall–Kier alpha value is -1.09. The van der Waals surface area contributed by atoms with Crippen LogP contribution in [0, 0.1) is 11.7 Å². The molecule has 1 aliphatic carbocycles. The molecule has 2 N–H and O–H groups in total. The average Bonchev–Trinajstić information content (AvgIpc) is 2.37. The Morgan fingerprint density at radius 1 is 1.33 bits per heavy atom. The number of phenols is 1. The van der Waals surface area contributed by atoms with Crippen molar-refractivity contribution in [1.82, 2.24) is 5.32 Å². The average molecular weight is 251 g/mol. The van der Waals surface area contributed by atoms with E-state index in [-0.39, 0.29) is 17.6 Å². The van der Waals surface area contributed by atoms with Crippen molar-refractivity contribution in [3.05, 3.63) is 29.6 Å². The molecule has 1 fully saturated rings. The van der Waals surface area contributed by atoms with Gasteiger partial charge in [-0.1, -0.05) is 25.3 Å². The summed E-state index contributed by atoms with van der Waals surface area (Å²) in [6, 6.07) is 4.36. The molecule has 0 radical (unpaired) electrons. The van der Waals surface area contributed by atoms with Gasteiger partial charge >= 0.3 is 0 Å². The molecule has 1 aromatic rings. The van der Waals surface area contributed by atoms with Crippen LogP contribution in [-0.4, -0.2) is 11.7 Å². The molecule has 1 aromatic carbocycles. The van der Waals surface area contributed by atoms with Crippen molar-refractivity contribution >= 4 is 0 Å². The number of hydrogen-bond donors (Lipinski definition) is 2. The van der Waals surface area contributed by atoms with Crippen LogP contribution in [0.5, 0.6) is 5.75 Å². The molecule has 18 heavy (non-hydrogen) atoms. The first-order valence-corrected chi connectivity index (χ1v) is 6.88. The lowest BCUT2D eigenvalue weighted by Crippen LogP contribution is -2.27. The van der Waals surface area contributed by atoms with E-state index in [0.717, 1.165) is 12.5 Å². The minimum atomic E-state index is -0.335. The lowest BCUT2D eigenvalue weighted by atomic mass is 9.89. The van der Waals surface area contributed by atoms with Crippen molar-refractivity contribution in [2.45, 2.75) is 45.1 Å². The van der Waals surface area contributed by atoms with Crippen LogP contribution in [0.3, 0.4) is 0 Å². The Morgan fingerprint density at radius 2 is 2.06 bits per heavy atom. The van der Waals surface area contributed by atoms with E-state index < -0.39 is 0 Å². The molecule has 0 bridgehead atoms. The van der Waals surface area contributed by atoms with E-state index in [1.54, 1.807) is 6.07 Å². The van der Waals surface area contributed by atoms with Crippen molar-refractivity contribution in [1.29, 1.82) is 0 Å². The van der Waals surface area contributed by atoms with Crippen LogP contribution in [-0.2, 0) is 0 Å². The highest BCUT2D eigenvalue weighted by Gasteiger charge is 2.16. The van der Waals surface area contributed by atoms with E-state index in [9.17, 15) is 9.50 Å². The van der Waals surface area contributed by atoms with Gasteiger partial charge < -0.3 is 10.4 Å². The number of aromatic hydroxyl groups is 1. The summed E-state index contributed by atoms with van der Waals surface area (Å²) in [7, 11) is 0. The third-order valence-corrected chi connectivity index (χ3v) is 3.89. The number of benzene rings is 1. The van der Waals surface area contributed by atoms with Gasteiger partial charge in [0.15, 0.2) is 0 Å². The van der Waals surface area contributed by atoms with Crippen molar-refractivity contribution < 1.29 is 9.50 Å². The third kappa shape index (κ3) is 3.45. The van der Waals surface area contributed by atoms with Crippen molar-refractivity contribution in [2.75, 3.05) is 6.54 Å². The van der Waals surface area contributed by atoms with Gasteiger partial charge in [-0.15, -0.1) is 0 Å². The van der Waals surface area contributed by atoms with E-state index >= 15 is 0 Å². The van der Waals surface area contributed by atoms with Gasteiger partial charge in [-0.05, 0) is 38.3 Å². The Morgan fingerprint density at radius 3 is 2.72 bits per heavy atom. The van der Waals surface area contributed by atoms with Gasteiger partial charge in [-0.25, -0.2) is 4.39 Å². The predicted molar refractivity (Wildman–Crippen MR) is 71.1 cm³/mol. The smallest absolute Gasteiger partial charge is 0.131 e. The van der Waals surface area contributed by atoms with Crippen LogP contribution in [0.2, 0.25) is 0 Å². The van der Waals surface area contributed by atoms with Crippen LogP contribution in [0.15, 0.2) is 18.2 Å². The first kappa shape index (κ1) is 13.3. The lowest BCUT2D eigenvalue weighted by Gasteiger charge is -2.24. The zero-order valence-corrected chi connectivity index (χ0v) is 11.0. The van der Waals surface area contributed by atoms with Crippen molar-refractivity contribution in [2.24, 2.45) is 5.92 Å². The molecule has 1 unspecified atom stereocenters. The molecule has 0 aliphatic heterocycles. The van der Waals surface area contributed by atoms with E-state index in [2.05, 4.69) is 5.32 Å². The summed E-state index contributed by atoms with van der Waals surface area (Å²) in [5, 5.41) is 12.6. The van der Waals surface area contributed by atoms with Gasteiger partial charge in [0.2, 0.25) is 0 Å². The molecular formula is C15H22FNO. The quantitative estimate of drug-likeness (QED) is 0.854. The summed E-state index contributed by atoms with van der Waals surface area (Å²) in [6.45, 7) is 2.93. The molecule has 0 saturated heterocycles. The molecule has 1 aliphatic rings. The highest BCUT2D eigenvalue weighted by Crippen LogP contribution is 2.25. The zero-order valence-electron chi connectivity index (χ0n) is 11.0. The van der Waals surface area contributed by atoms with E-state index in [1.807, 2.05) is 6.92 Å². The largest absolute Gasteiger partial charge is 0.508 e. The van der Waals surface area contributed by atoms with Crippen LogP contribution < -0.4 is 5.32 Å². The summed E-state index contributed by atoms with van der Waals surface area (Å²) in [6.07, 6.45) is 6.59. The number of halogens is 1. The van der Waals surface area contributed by atoms with E-state index in [1.165, 1.54) is 44.2 Å². The molecule has 3 heteroatoms. The Kier molecular flexibility index (Phi) is 4.59. The third-order valence-electron chi connectivity index (χ3n) is 3.89. The molecule has 0 heterocycles. The van der Waals surface area contributed by atoms with E-state index in [0.29, 0.717) is 5.56 Å². The number of rotatable bonds is 4. The summed E-state index contributed by atoms with van der Waals surface area (Å²) in [5.41, 5.74) is 0.628. The maximum atomic E-state index is 13.7. The van der Waals surface area contributed by atoms with Crippen molar-refractivity contribution in [3.63, 3.8) is 0 Å². The molecule has 0 aromatic heterocycles. The highest BCUT2D eigenvalue weighted by molar-refractivity contribution is 5.29. The molecule has 100 valence electrons. The maximum Gasteiger partial charge on any atom is 0.131 e. The van der Waals surface area contributed by atoms with Crippen LogP contribution in [0.4, 0.5) is 4.39 Å². The normalized spacial score (nSPS) is 18.8. The fourth-order valence-electron chi connectivity index (χ4n) is 2.71. The second-order valence-electron chi connectivity index (χ2n) is 5.34. The van der Waals surface area contributed by atoms with Gasteiger partial charge in [0.05, 0.1) is 0 Å². The summed E-state index contributed by atoms with van der Waals surface area (Å²) in [4.78, 5) is 0. The molecular weight excluding hydrogens is 229 g/mol. The number of hydrogen-bond acceptors (Lipinski definition) is 2. The van der Waals surface area contributed by atoms with Gasteiger partial charge in [-0.3, -0.25) is 0 Å². The lowest BCUT2D eigenvalue weighted by molar-refractivity contribution is 0.330. The zero-order chi connectivity index (χ0) is 13.0. The molecule has 0 spiro atoms. The number of phenolic OH excluding ortho intramolecular Hbond substituents is 1. The van der Waals surface area contributed by atoms with Gasteiger partial charge in [-0.2, -0.15) is 0 Å². The second kappa shape index (κ2) is 6.19. The Balaban J connectivity index is 1.88. The summed E-state index contributed by atoms with van der Waals surface area (Å²) in [5.74, 6) is 0.385. The SMILES string of the molecule is CC(NCC1CCCCC1)c1ccc(O)cc1F. The fraction of sp³-hybridized carbons (Fsp3) is 0.600. The summed E-state index contributed by atoms with van der Waals surface area (Å²) >= 11 is 0. The first-order chi connectivity index (χ1) is 8.66. The van der Waals surface area contributed by atoms with Crippen LogP contribution in [0.1, 0.15) is 50.6 Å². The topological polar surface area (TPSA) is 32.3 Å². The first-order valence-electron chi connectivity index (χ1n) is 6.88. The number of nitrogens with one attached hydrogen (secondary N) is 1. The minimum Gasteiger partial charge on any atom is -0.508 e. The van der Waals surface area contributed by atoms with Gasteiger partial charge in [0, 0.05) is 17.7 Å². The second-order valence-corrected chi connectivity index (χ2v) is 5.34.